The molecule has 0 bridgehead atoms. The summed E-state index contributed by atoms with van der Waals surface area (Å²) in [5, 5.41) is 13.4. The van der Waals surface area contributed by atoms with Crippen LogP contribution in [0.1, 0.15) is 32.6 Å². The van der Waals surface area contributed by atoms with E-state index in [1.165, 1.54) is 12.8 Å². The summed E-state index contributed by atoms with van der Waals surface area (Å²) in [4.78, 5) is 2.27. The average Bonchev–Trinajstić information content (AvgIpc) is 2.51. The molecule has 0 heterocycles. The van der Waals surface area contributed by atoms with E-state index in [4.69, 9.17) is 0 Å². The topological polar surface area (TPSA) is 35.5 Å². The number of likely N-dealkylation sites (N-methyl/N-ethyl adjacent to an activating group) is 1. The van der Waals surface area contributed by atoms with Crippen molar-refractivity contribution in [3.05, 3.63) is 0 Å². The Morgan fingerprint density at radius 2 is 2.00 bits per heavy atom. The van der Waals surface area contributed by atoms with Crippen LogP contribution in [0.2, 0.25) is 0 Å². The van der Waals surface area contributed by atoms with Gasteiger partial charge < -0.3 is 15.3 Å². The van der Waals surface area contributed by atoms with Crippen molar-refractivity contribution in [2.75, 3.05) is 33.7 Å². The number of hydrogen-bond acceptors (Lipinski definition) is 3. The van der Waals surface area contributed by atoms with Gasteiger partial charge in [-0.3, -0.25) is 0 Å². The fraction of sp³-hybridized carbons (Fsp3) is 1.00. The maximum atomic E-state index is 10.2. The summed E-state index contributed by atoms with van der Waals surface area (Å²) in [7, 11) is 4.10. The number of nitrogens with zero attached hydrogens (tertiary/aromatic N) is 1. The van der Waals surface area contributed by atoms with E-state index in [0.717, 1.165) is 32.5 Å². The lowest BCUT2D eigenvalue weighted by molar-refractivity contribution is 0.0135. The molecule has 0 aromatic heterocycles. The lowest BCUT2D eigenvalue weighted by atomic mass is 10.0. The minimum absolute atomic E-state index is 0.395. The van der Waals surface area contributed by atoms with Crippen molar-refractivity contribution in [2.24, 2.45) is 5.92 Å². The van der Waals surface area contributed by atoms with E-state index in [-0.39, 0.29) is 0 Å². The van der Waals surface area contributed by atoms with Crippen LogP contribution in [0.25, 0.3) is 0 Å². The van der Waals surface area contributed by atoms with Crippen LogP contribution in [0.15, 0.2) is 0 Å². The third-order valence-corrected chi connectivity index (χ3v) is 3.27. The second kappa shape index (κ2) is 5.83. The van der Waals surface area contributed by atoms with Gasteiger partial charge in [0, 0.05) is 13.1 Å². The van der Waals surface area contributed by atoms with Gasteiger partial charge in [0.05, 0.1) is 5.60 Å². The predicted molar refractivity (Wildman–Crippen MR) is 64.0 cm³/mol. The first kappa shape index (κ1) is 12.9. The van der Waals surface area contributed by atoms with Crippen molar-refractivity contribution in [2.45, 2.75) is 38.2 Å². The van der Waals surface area contributed by atoms with E-state index in [1.54, 1.807) is 0 Å². The van der Waals surface area contributed by atoms with Gasteiger partial charge in [0.2, 0.25) is 0 Å². The molecule has 0 saturated heterocycles. The van der Waals surface area contributed by atoms with Crippen LogP contribution in [0.4, 0.5) is 0 Å². The summed E-state index contributed by atoms with van der Waals surface area (Å²) in [5.41, 5.74) is -0.395. The minimum Gasteiger partial charge on any atom is -0.389 e. The van der Waals surface area contributed by atoms with Crippen molar-refractivity contribution in [3.8, 4) is 0 Å². The summed E-state index contributed by atoms with van der Waals surface area (Å²) in [5.74, 6) is 0.644. The van der Waals surface area contributed by atoms with Crippen molar-refractivity contribution in [1.82, 2.24) is 10.2 Å². The Balaban J connectivity index is 2.25. The molecule has 0 aromatic rings. The Morgan fingerprint density at radius 1 is 1.40 bits per heavy atom. The van der Waals surface area contributed by atoms with Gasteiger partial charge in [-0.05, 0) is 39.4 Å². The molecule has 1 aliphatic rings. The Bertz CT molecular complexity index is 178. The predicted octanol–water partition coefficient (Wildman–Crippen LogP) is 1.08. The van der Waals surface area contributed by atoms with E-state index in [1.807, 2.05) is 7.05 Å². The fourth-order valence-electron chi connectivity index (χ4n) is 2.70. The largest absolute Gasteiger partial charge is 0.389 e. The van der Waals surface area contributed by atoms with E-state index in [2.05, 4.69) is 24.2 Å². The summed E-state index contributed by atoms with van der Waals surface area (Å²) in [6.45, 7) is 5.18. The van der Waals surface area contributed by atoms with Gasteiger partial charge in [-0.15, -0.1) is 0 Å². The highest BCUT2D eigenvalue weighted by molar-refractivity contribution is 4.86. The Labute approximate surface area is 93.9 Å². The molecule has 0 amide bonds. The molecule has 1 fully saturated rings. The standard InChI is InChI=1S/C12H26N2O/c1-11(8-13-2)9-14(3)10-12(15)6-4-5-7-12/h11,13,15H,4-10H2,1-3H3. The van der Waals surface area contributed by atoms with Crippen LogP contribution in [0.5, 0.6) is 0 Å². The van der Waals surface area contributed by atoms with E-state index in [9.17, 15) is 5.11 Å². The fourth-order valence-corrected chi connectivity index (χ4v) is 2.70. The first-order chi connectivity index (χ1) is 7.06. The molecule has 15 heavy (non-hydrogen) atoms. The Hall–Kier alpha value is -0.120. The molecule has 1 atom stereocenters. The monoisotopic (exact) mass is 214 g/mol. The van der Waals surface area contributed by atoms with Gasteiger partial charge in [0.25, 0.3) is 0 Å². The molecule has 1 rings (SSSR count). The molecule has 1 unspecified atom stereocenters. The van der Waals surface area contributed by atoms with Crippen molar-refractivity contribution in [1.29, 1.82) is 0 Å². The highest BCUT2D eigenvalue weighted by atomic mass is 16.3. The van der Waals surface area contributed by atoms with Gasteiger partial charge in [-0.1, -0.05) is 19.8 Å². The van der Waals surface area contributed by atoms with Crippen molar-refractivity contribution < 1.29 is 5.11 Å². The first-order valence-corrected chi connectivity index (χ1v) is 6.11. The molecule has 0 aromatic carbocycles. The lowest BCUT2D eigenvalue weighted by Crippen LogP contribution is -2.41. The van der Waals surface area contributed by atoms with Gasteiger partial charge in [0.15, 0.2) is 0 Å². The Kier molecular flexibility index (Phi) is 5.03. The highest BCUT2D eigenvalue weighted by Gasteiger charge is 2.32. The lowest BCUT2D eigenvalue weighted by Gasteiger charge is -2.30. The quantitative estimate of drug-likeness (QED) is 0.694. The second-order valence-corrected chi connectivity index (χ2v) is 5.29. The average molecular weight is 214 g/mol. The number of aliphatic hydroxyl groups is 1. The van der Waals surface area contributed by atoms with Crippen molar-refractivity contribution in [3.63, 3.8) is 0 Å². The highest BCUT2D eigenvalue weighted by Crippen LogP contribution is 2.29. The number of nitrogens with one attached hydrogen (secondary N) is 1. The number of rotatable bonds is 6. The van der Waals surface area contributed by atoms with Crippen LogP contribution >= 0.6 is 0 Å². The summed E-state index contributed by atoms with van der Waals surface area (Å²) in [6, 6.07) is 0. The zero-order chi connectivity index (χ0) is 11.3. The van der Waals surface area contributed by atoms with E-state index < -0.39 is 5.60 Å². The zero-order valence-electron chi connectivity index (χ0n) is 10.4. The van der Waals surface area contributed by atoms with E-state index in [0.29, 0.717) is 5.92 Å². The SMILES string of the molecule is CNCC(C)CN(C)CC1(O)CCCC1. The van der Waals surface area contributed by atoms with Gasteiger partial charge in [0.1, 0.15) is 0 Å². The van der Waals surface area contributed by atoms with Crippen LogP contribution in [0.3, 0.4) is 0 Å². The van der Waals surface area contributed by atoms with E-state index >= 15 is 0 Å². The molecule has 1 aliphatic carbocycles. The van der Waals surface area contributed by atoms with Gasteiger partial charge in [-0.2, -0.15) is 0 Å². The van der Waals surface area contributed by atoms with Gasteiger partial charge >= 0.3 is 0 Å². The third-order valence-electron chi connectivity index (χ3n) is 3.27. The third kappa shape index (κ3) is 4.49. The molecule has 1 saturated carbocycles. The molecule has 0 aliphatic heterocycles. The van der Waals surface area contributed by atoms with Crippen LogP contribution in [0, 0.1) is 5.92 Å². The minimum atomic E-state index is -0.395. The molecule has 0 spiro atoms. The smallest absolute Gasteiger partial charge is 0.0774 e. The maximum absolute atomic E-state index is 10.2. The maximum Gasteiger partial charge on any atom is 0.0774 e. The summed E-state index contributed by atoms with van der Waals surface area (Å²) < 4.78 is 0. The molecule has 2 N–H and O–H groups in total. The second-order valence-electron chi connectivity index (χ2n) is 5.29. The van der Waals surface area contributed by atoms with Gasteiger partial charge in [-0.25, -0.2) is 0 Å². The summed E-state index contributed by atoms with van der Waals surface area (Å²) in [6.07, 6.45) is 4.35. The number of hydrogen-bond donors (Lipinski definition) is 2. The van der Waals surface area contributed by atoms with Crippen LogP contribution in [-0.2, 0) is 0 Å². The van der Waals surface area contributed by atoms with Crippen LogP contribution in [-0.4, -0.2) is 49.3 Å². The van der Waals surface area contributed by atoms with Crippen LogP contribution < -0.4 is 5.32 Å². The molecule has 3 heteroatoms. The zero-order valence-corrected chi connectivity index (χ0v) is 10.4. The molecular weight excluding hydrogens is 188 g/mol. The normalized spacial score (nSPS) is 22.2. The molecule has 0 radical (unpaired) electrons. The molecule has 90 valence electrons. The Morgan fingerprint density at radius 3 is 2.53 bits per heavy atom. The molecule has 3 nitrogen and oxygen atoms in total. The summed E-state index contributed by atoms with van der Waals surface area (Å²) >= 11 is 0. The molecular formula is C12H26N2O. The first-order valence-electron chi connectivity index (χ1n) is 6.11. The van der Waals surface area contributed by atoms with Crippen molar-refractivity contribution >= 4 is 0 Å².